The van der Waals surface area contributed by atoms with Gasteiger partial charge in [-0.1, -0.05) is 79.7 Å². The van der Waals surface area contributed by atoms with Crippen LogP contribution in [-0.2, 0) is 0 Å². The van der Waals surface area contributed by atoms with Crippen molar-refractivity contribution in [3.05, 3.63) is 71.8 Å². The van der Waals surface area contributed by atoms with Crippen molar-refractivity contribution in [2.24, 2.45) is 17.0 Å². The molecule has 3 atom stereocenters. The van der Waals surface area contributed by atoms with Crippen LogP contribution in [0, 0.1) is 11.8 Å². The summed E-state index contributed by atoms with van der Waals surface area (Å²) < 4.78 is 0. The molecule has 0 radical (unpaired) electrons. The average molecular weight is 309 g/mol. The Kier molecular flexibility index (Phi) is 4.77. The van der Waals surface area contributed by atoms with Gasteiger partial charge in [-0.25, -0.2) is 0 Å². The average Bonchev–Trinajstić information content (AvgIpc) is 2.62. The molecule has 2 aromatic rings. The quantitative estimate of drug-likeness (QED) is 0.661. The van der Waals surface area contributed by atoms with Crippen LogP contribution in [0.3, 0.4) is 0 Å². The number of rotatable bonds is 3. The predicted molar refractivity (Wildman–Crippen MR) is 92.5 cm³/mol. The molecule has 0 spiro atoms. The van der Waals surface area contributed by atoms with E-state index in [1.165, 1.54) is 11.1 Å². The predicted octanol–water partition coefficient (Wildman–Crippen LogP) is 3.54. The summed E-state index contributed by atoms with van der Waals surface area (Å²) in [5.74, 6) is 0.682. The maximum atomic E-state index is 9.61. The summed E-state index contributed by atoms with van der Waals surface area (Å²) in [7, 11) is 0. The van der Waals surface area contributed by atoms with Gasteiger partial charge in [0.1, 0.15) is 12.1 Å². The Hall–Kier alpha value is -2.13. The fourth-order valence-electron chi connectivity index (χ4n) is 3.84. The van der Waals surface area contributed by atoms with Crippen molar-refractivity contribution in [1.29, 1.82) is 0 Å². The highest BCUT2D eigenvalue weighted by Gasteiger charge is 2.41. The normalized spacial score (nSPS) is 26.6. The minimum Gasteiger partial charge on any atom is -0.411 e. The largest absolute Gasteiger partial charge is 0.411 e. The van der Waals surface area contributed by atoms with Crippen LogP contribution in [0.25, 0.3) is 0 Å². The first kappa shape index (κ1) is 15.8. The van der Waals surface area contributed by atoms with Crippen LogP contribution in [0.4, 0.5) is 0 Å². The Balaban J connectivity index is 1.98. The first-order valence-electron chi connectivity index (χ1n) is 8.36. The van der Waals surface area contributed by atoms with E-state index in [0.29, 0.717) is 12.0 Å². The molecule has 2 aromatic carbocycles. The highest BCUT2D eigenvalue weighted by atomic mass is 16.4. The second-order valence-electron chi connectivity index (χ2n) is 6.71. The number of quaternary nitrogens is 1. The number of nitrogens with two attached hydrogens (primary N) is 1. The molecule has 3 nitrogen and oxygen atoms in total. The molecule has 23 heavy (non-hydrogen) atoms. The summed E-state index contributed by atoms with van der Waals surface area (Å²) in [6, 6.07) is 21.7. The number of benzene rings is 2. The zero-order chi connectivity index (χ0) is 16.2. The molecule has 3 N–H and O–H groups in total. The maximum absolute atomic E-state index is 9.61. The topological polar surface area (TPSA) is 49.2 Å². The highest BCUT2D eigenvalue weighted by molar-refractivity contribution is 5.88. The lowest BCUT2D eigenvalue weighted by Crippen LogP contribution is -2.90. The van der Waals surface area contributed by atoms with Gasteiger partial charge in [-0.05, 0) is 5.92 Å². The van der Waals surface area contributed by atoms with E-state index in [-0.39, 0.29) is 12.0 Å². The van der Waals surface area contributed by atoms with Gasteiger partial charge < -0.3 is 10.5 Å². The van der Waals surface area contributed by atoms with Gasteiger partial charge in [0.25, 0.3) is 0 Å². The zero-order valence-corrected chi connectivity index (χ0v) is 13.8. The second kappa shape index (κ2) is 6.97. The molecule has 0 unspecified atom stereocenters. The van der Waals surface area contributed by atoms with Gasteiger partial charge in [0.2, 0.25) is 0 Å². The number of hydrogen-bond acceptors (Lipinski definition) is 2. The van der Waals surface area contributed by atoms with Crippen molar-refractivity contribution in [2.45, 2.75) is 32.4 Å². The van der Waals surface area contributed by atoms with E-state index in [2.05, 4.69) is 72.9 Å². The van der Waals surface area contributed by atoms with Gasteiger partial charge in [-0.15, -0.1) is 0 Å². The summed E-state index contributed by atoms with van der Waals surface area (Å²) in [6.07, 6.45) is 0.798. The van der Waals surface area contributed by atoms with E-state index in [0.717, 1.165) is 12.1 Å². The maximum Gasteiger partial charge on any atom is 0.121 e. The molecule has 3 heteroatoms. The van der Waals surface area contributed by atoms with E-state index in [9.17, 15) is 5.21 Å². The molecule has 0 aliphatic carbocycles. The van der Waals surface area contributed by atoms with E-state index < -0.39 is 0 Å². The second-order valence-corrected chi connectivity index (χ2v) is 6.71. The minimum atomic E-state index is 0.252. The molecule has 0 aromatic heterocycles. The molecule has 0 bridgehead atoms. The minimum absolute atomic E-state index is 0.252. The van der Waals surface area contributed by atoms with Crippen molar-refractivity contribution in [3.8, 4) is 0 Å². The van der Waals surface area contributed by atoms with Crippen LogP contribution in [-0.4, -0.2) is 10.9 Å². The Morgan fingerprint density at radius 2 is 1.52 bits per heavy atom. The van der Waals surface area contributed by atoms with E-state index in [4.69, 9.17) is 0 Å². The summed E-state index contributed by atoms with van der Waals surface area (Å²) in [5.41, 5.74) is 3.51. The van der Waals surface area contributed by atoms with Gasteiger partial charge in [0, 0.05) is 17.5 Å². The van der Waals surface area contributed by atoms with Gasteiger partial charge >= 0.3 is 0 Å². The van der Waals surface area contributed by atoms with Gasteiger partial charge in [-0.3, -0.25) is 0 Å². The molecule has 1 fully saturated rings. The molecule has 1 saturated heterocycles. The summed E-state index contributed by atoms with van der Waals surface area (Å²) in [6.45, 7) is 4.42. The third-order valence-electron chi connectivity index (χ3n) is 4.90. The van der Waals surface area contributed by atoms with Crippen molar-refractivity contribution < 1.29 is 10.5 Å². The van der Waals surface area contributed by atoms with Gasteiger partial charge in [0.05, 0.1) is 11.6 Å². The van der Waals surface area contributed by atoms with Crippen molar-refractivity contribution in [2.75, 3.05) is 0 Å². The van der Waals surface area contributed by atoms with Crippen molar-refractivity contribution in [3.63, 3.8) is 0 Å². The van der Waals surface area contributed by atoms with Crippen LogP contribution in [0.5, 0.6) is 0 Å². The third kappa shape index (κ3) is 3.30. The Morgan fingerprint density at radius 1 is 0.957 bits per heavy atom. The van der Waals surface area contributed by atoms with Gasteiger partial charge in [-0.2, -0.15) is 0 Å². The van der Waals surface area contributed by atoms with E-state index in [1.54, 1.807) is 0 Å². The van der Waals surface area contributed by atoms with Crippen LogP contribution in [0.15, 0.2) is 65.8 Å². The summed E-state index contributed by atoms with van der Waals surface area (Å²) in [4.78, 5) is 0. The van der Waals surface area contributed by atoms with Crippen LogP contribution in [0.1, 0.15) is 43.5 Å². The Labute approximate surface area is 138 Å². The van der Waals surface area contributed by atoms with Crippen LogP contribution in [0.2, 0.25) is 0 Å². The SMILES string of the molecule is CC(C)[C@H]1/C(=N\O)C[C@@H](c2ccccc2)[NH2+][C@H]1c1ccccc1. The van der Waals surface area contributed by atoms with E-state index in [1.807, 2.05) is 12.1 Å². The van der Waals surface area contributed by atoms with Gasteiger partial charge in [0.15, 0.2) is 0 Å². The Morgan fingerprint density at radius 3 is 2.04 bits per heavy atom. The third-order valence-corrected chi connectivity index (χ3v) is 4.90. The van der Waals surface area contributed by atoms with Crippen molar-refractivity contribution >= 4 is 5.71 Å². The monoisotopic (exact) mass is 309 g/mol. The first-order valence-corrected chi connectivity index (χ1v) is 8.36. The fraction of sp³-hybridized carbons (Fsp3) is 0.350. The van der Waals surface area contributed by atoms with Crippen LogP contribution < -0.4 is 5.32 Å². The van der Waals surface area contributed by atoms with Crippen LogP contribution >= 0.6 is 0 Å². The first-order chi connectivity index (χ1) is 11.2. The molecule has 3 rings (SSSR count). The molecule has 1 heterocycles. The smallest absolute Gasteiger partial charge is 0.121 e. The summed E-state index contributed by atoms with van der Waals surface area (Å²) in [5, 5.41) is 15.8. The number of hydrogen-bond donors (Lipinski definition) is 2. The number of piperidine rings is 1. The molecular weight excluding hydrogens is 284 g/mol. The lowest BCUT2D eigenvalue weighted by atomic mass is 9.75. The highest BCUT2D eigenvalue weighted by Crippen LogP contribution is 2.34. The lowest BCUT2D eigenvalue weighted by Gasteiger charge is -2.37. The lowest BCUT2D eigenvalue weighted by molar-refractivity contribution is -0.743. The molecule has 1 aliphatic heterocycles. The zero-order valence-electron chi connectivity index (χ0n) is 13.8. The van der Waals surface area contributed by atoms with E-state index >= 15 is 0 Å². The molecule has 0 saturated carbocycles. The number of nitrogens with zero attached hydrogens (tertiary/aromatic N) is 1. The molecule has 0 amide bonds. The standard InChI is InChI=1S/C20H24N2O/c1-14(2)19-18(22-23)13-17(15-9-5-3-6-10-15)21-20(19)16-11-7-4-8-12-16/h3-12,14,17,19-21,23H,13H2,1-2H3/p+1/b22-18-/t17-,19-,20-/m0/s1. The molecular formula is C20H25N2O+. The molecule has 120 valence electrons. The fourth-order valence-corrected chi connectivity index (χ4v) is 3.84. The molecule has 1 aliphatic rings. The van der Waals surface area contributed by atoms with Crippen molar-refractivity contribution in [1.82, 2.24) is 0 Å². The summed E-state index contributed by atoms with van der Waals surface area (Å²) >= 11 is 0. The number of oxime groups is 1. The Bertz CT molecular complexity index is 652.